The molecule has 0 rings (SSSR count). The molecule has 1 N–H and O–H groups in total. The van der Waals surface area contributed by atoms with E-state index in [1.54, 1.807) is 0 Å². The van der Waals surface area contributed by atoms with E-state index in [1.807, 2.05) is 0 Å². The number of aliphatic carboxylic acids is 1. The molecule has 0 bridgehead atoms. The molecule has 0 radical (unpaired) electrons. The van der Waals surface area contributed by atoms with Crippen molar-refractivity contribution >= 4 is 37.8 Å². The predicted octanol–water partition coefficient (Wildman–Crippen LogP) is 1.23. The van der Waals surface area contributed by atoms with Crippen molar-refractivity contribution < 1.29 is 37.6 Å². The molecule has 0 amide bonds. The summed E-state index contributed by atoms with van der Waals surface area (Å²) in [4.78, 5) is 9.40. The Bertz CT molecular complexity index is 77.7. The van der Waals surface area contributed by atoms with Crippen LogP contribution in [0.25, 0.3) is 0 Å². The Kier molecular flexibility index (Phi) is 9.79. The van der Waals surface area contributed by atoms with E-state index in [1.165, 1.54) is 0 Å². The number of carbonyl (C=O) groups is 1. The zero-order chi connectivity index (χ0) is 5.86. The molecule has 44 valence electrons. The molecule has 0 aliphatic heterocycles. The fourth-order valence-corrected chi connectivity index (χ4v) is 0.343. The van der Waals surface area contributed by atoms with Crippen molar-refractivity contribution in [3.05, 3.63) is 0 Å². The summed E-state index contributed by atoms with van der Waals surface area (Å²) >= 11 is 5.88. The summed E-state index contributed by atoms with van der Waals surface area (Å²) in [5.41, 5.74) is 0. The average molecular weight is 432 g/mol. The number of halogens is 2. The summed E-state index contributed by atoms with van der Waals surface area (Å²) < 4.78 is 0. The molecule has 2 nitrogen and oxygen atoms in total. The summed E-state index contributed by atoms with van der Waals surface area (Å²) in [6, 6.07) is 0. The molecule has 0 aromatic rings. The number of carboxylic acids is 1. The maximum absolute atomic E-state index is 9.85. The van der Waals surface area contributed by atoms with Crippen LogP contribution in [-0.4, -0.2) is 21.2 Å². The molecule has 0 heterocycles. The number of rotatable bonds is 2. The van der Waals surface area contributed by atoms with E-state index in [4.69, 9.17) is 5.11 Å². The van der Waals surface area contributed by atoms with E-state index in [9.17, 15) is 4.79 Å². The van der Waals surface area contributed by atoms with E-state index in [-0.39, 0.29) is 27.7 Å². The van der Waals surface area contributed by atoms with E-state index < -0.39 is 10.8 Å². The molecule has 1 atom stereocenters. The topological polar surface area (TPSA) is 37.3 Å². The van der Waals surface area contributed by atoms with Crippen LogP contribution in [-0.2, 0) is 32.5 Å². The zero-order valence-electron chi connectivity index (χ0n) is 4.10. The molecule has 0 aromatic carbocycles. The Morgan fingerprint density at radius 1 is 1.75 bits per heavy atom. The Morgan fingerprint density at radius 3 is 2.12 bits per heavy atom. The van der Waals surface area contributed by atoms with Gasteiger partial charge < -0.3 is 5.11 Å². The minimum atomic E-state index is -0.836. The van der Waals surface area contributed by atoms with Gasteiger partial charge in [0.15, 0.2) is 0 Å². The van der Waals surface area contributed by atoms with Crippen LogP contribution < -0.4 is 0 Å². The van der Waals surface area contributed by atoms with Crippen LogP contribution in [0.3, 0.4) is 0 Å². The maximum atomic E-state index is 9.85. The monoisotopic (exact) mass is 432 g/mol. The third kappa shape index (κ3) is 5.50. The van der Waals surface area contributed by atoms with Gasteiger partial charge in [0.25, 0.3) is 0 Å². The normalized spacial score (nSPS) is 11.8. The summed E-state index contributed by atoms with van der Waals surface area (Å²) in [5.74, 6) is -0.836. The second kappa shape index (κ2) is 6.48. The van der Waals surface area contributed by atoms with Crippen molar-refractivity contribution in [1.29, 1.82) is 0 Å². The number of hydrogen-bond acceptors (Lipinski definition) is 1. The first kappa shape index (κ1) is 12.1. The molecule has 8 heavy (non-hydrogen) atoms. The first-order valence-corrected chi connectivity index (χ1v) is 3.65. The van der Waals surface area contributed by atoms with Crippen LogP contribution in [0, 0.1) is 0 Å². The van der Waals surface area contributed by atoms with Gasteiger partial charge in [0.1, 0.15) is 4.83 Å². The molecule has 0 aliphatic rings. The summed E-state index contributed by atoms with van der Waals surface area (Å²) in [6.07, 6.45) is 0. The van der Waals surface area contributed by atoms with Gasteiger partial charge in [-0.05, 0) is 0 Å². The molecular formula is C3H4Br2HgO2. The standard InChI is InChI=1S/C3H4Br2O2.Hg/c4-1-2(5)3(6)7;/h2H,1H2,(H,6,7);. The molecule has 5 heteroatoms. The van der Waals surface area contributed by atoms with Crippen LogP contribution in [0.1, 0.15) is 0 Å². The Hall–Kier alpha value is 1.37. The van der Waals surface area contributed by atoms with Gasteiger partial charge >= 0.3 is 5.97 Å². The van der Waals surface area contributed by atoms with Gasteiger partial charge in [0.2, 0.25) is 0 Å². The van der Waals surface area contributed by atoms with E-state index in [2.05, 4.69) is 31.9 Å². The average Bonchev–Trinajstić information content (AvgIpc) is 1.65. The largest absolute Gasteiger partial charge is 0.480 e. The molecule has 0 spiro atoms. The quantitative estimate of drug-likeness (QED) is 0.527. The molecule has 0 aliphatic carbocycles. The van der Waals surface area contributed by atoms with E-state index in [0.29, 0.717) is 5.33 Å². The molecule has 0 fully saturated rings. The van der Waals surface area contributed by atoms with Crippen molar-refractivity contribution in [1.82, 2.24) is 0 Å². The number of hydrogen-bond donors (Lipinski definition) is 1. The first-order valence-electron chi connectivity index (χ1n) is 1.61. The van der Waals surface area contributed by atoms with Gasteiger partial charge in [-0.15, -0.1) is 0 Å². The first-order chi connectivity index (χ1) is 3.18. The van der Waals surface area contributed by atoms with Crippen LogP contribution in [0.15, 0.2) is 0 Å². The molecule has 0 saturated heterocycles. The van der Waals surface area contributed by atoms with Gasteiger partial charge in [-0.2, -0.15) is 0 Å². The van der Waals surface area contributed by atoms with E-state index >= 15 is 0 Å². The summed E-state index contributed by atoms with van der Waals surface area (Å²) in [7, 11) is 0. The van der Waals surface area contributed by atoms with Crippen LogP contribution in [0.2, 0.25) is 0 Å². The maximum Gasteiger partial charge on any atom is 0.318 e. The minimum absolute atomic E-state index is 0. The summed E-state index contributed by atoms with van der Waals surface area (Å²) in [6.45, 7) is 0. The Morgan fingerprint density at radius 2 is 2.12 bits per heavy atom. The van der Waals surface area contributed by atoms with Crippen molar-refractivity contribution in [2.75, 3.05) is 5.33 Å². The van der Waals surface area contributed by atoms with Crippen LogP contribution in [0.4, 0.5) is 0 Å². The molecule has 1 unspecified atom stereocenters. The van der Waals surface area contributed by atoms with Gasteiger partial charge in [-0.1, -0.05) is 31.9 Å². The van der Waals surface area contributed by atoms with Crippen LogP contribution >= 0.6 is 31.9 Å². The van der Waals surface area contributed by atoms with Gasteiger partial charge in [0.05, 0.1) is 0 Å². The zero-order valence-corrected chi connectivity index (χ0v) is 12.8. The third-order valence-corrected chi connectivity index (χ3v) is 2.64. The molecule has 0 saturated carbocycles. The molecule has 0 aromatic heterocycles. The fraction of sp³-hybridized carbons (Fsp3) is 0.667. The number of alkyl halides is 2. The predicted molar refractivity (Wildman–Crippen MR) is 34.1 cm³/mol. The van der Waals surface area contributed by atoms with Crippen molar-refractivity contribution in [3.63, 3.8) is 0 Å². The summed E-state index contributed by atoms with van der Waals surface area (Å²) in [5, 5.41) is 8.55. The number of carboxylic acid groups (broad SMARTS) is 1. The fourth-order valence-electron chi connectivity index (χ4n) is 0.0660. The van der Waals surface area contributed by atoms with E-state index in [0.717, 1.165) is 0 Å². The second-order valence-corrected chi connectivity index (χ2v) is 2.71. The third-order valence-electron chi connectivity index (χ3n) is 0.403. The van der Waals surface area contributed by atoms with Crippen molar-refractivity contribution in [2.24, 2.45) is 0 Å². The van der Waals surface area contributed by atoms with Gasteiger partial charge in [-0.3, -0.25) is 4.79 Å². The van der Waals surface area contributed by atoms with Crippen molar-refractivity contribution in [2.45, 2.75) is 4.83 Å². The molecular weight excluding hydrogens is 428 g/mol. The smallest absolute Gasteiger partial charge is 0.318 e. The second-order valence-electron chi connectivity index (χ2n) is 0.960. The van der Waals surface area contributed by atoms with Crippen molar-refractivity contribution in [3.8, 4) is 0 Å². The van der Waals surface area contributed by atoms with Gasteiger partial charge in [-0.25, -0.2) is 0 Å². The Balaban J connectivity index is 0. The SMILES string of the molecule is O=C(O)C(Br)CBr.[Hg]. The van der Waals surface area contributed by atoms with Crippen LogP contribution in [0.5, 0.6) is 0 Å². The van der Waals surface area contributed by atoms with Gasteiger partial charge in [0, 0.05) is 33.0 Å². The Labute approximate surface area is 84.8 Å². The minimum Gasteiger partial charge on any atom is -0.480 e.